The molecular formula is C6H6BrNO2. The lowest BCUT2D eigenvalue weighted by Crippen LogP contribution is -2.30. The van der Waals surface area contributed by atoms with E-state index in [1.165, 1.54) is 12.3 Å². The molecule has 1 heterocycles. The summed E-state index contributed by atoms with van der Waals surface area (Å²) in [5.74, 6) is -0.880. The number of hydrogen-bond donors (Lipinski definition) is 1. The molecule has 0 aromatic carbocycles. The third-order valence-electron chi connectivity index (χ3n) is 1.27. The molecular weight excluding hydrogens is 198 g/mol. The van der Waals surface area contributed by atoms with E-state index in [0.29, 0.717) is 6.42 Å². The van der Waals surface area contributed by atoms with E-state index in [1.807, 2.05) is 0 Å². The Bertz CT molecular complexity index is 212. The number of aliphatic imine (C=N–C) groups is 1. The molecule has 0 amide bonds. The van der Waals surface area contributed by atoms with E-state index in [-0.39, 0.29) is 0 Å². The number of carbonyl (C=O) groups is 1. The van der Waals surface area contributed by atoms with Crippen molar-refractivity contribution >= 4 is 28.1 Å². The third kappa shape index (κ3) is 1.26. The van der Waals surface area contributed by atoms with E-state index in [9.17, 15) is 4.79 Å². The zero-order valence-corrected chi connectivity index (χ0v) is 6.71. The fraction of sp³-hybridized carbons (Fsp3) is 0.333. The molecule has 1 N–H and O–H groups in total. The lowest BCUT2D eigenvalue weighted by Gasteiger charge is -2.17. The van der Waals surface area contributed by atoms with Gasteiger partial charge in [0.1, 0.15) is 4.32 Å². The van der Waals surface area contributed by atoms with Crippen molar-refractivity contribution in [1.82, 2.24) is 0 Å². The van der Waals surface area contributed by atoms with Gasteiger partial charge in [-0.2, -0.15) is 0 Å². The van der Waals surface area contributed by atoms with Crippen LogP contribution in [0.4, 0.5) is 0 Å². The Hall–Kier alpha value is -0.640. The van der Waals surface area contributed by atoms with E-state index in [2.05, 4.69) is 20.9 Å². The highest BCUT2D eigenvalue weighted by Crippen LogP contribution is 2.25. The van der Waals surface area contributed by atoms with Gasteiger partial charge in [-0.3, -0.25) is 9.79 Å². The zero-order chi connectivity index (χ0) is 7.61. The van der Waals surface area contributed by atoms with Gasteiger partial charge in [0.05, 0.1) is 0 Å². The summed E-state index contributed by atoms with van der Waals surface area (Å²) in [7, 11) is 0. The van der Waals surface area contributed by atoms with E-state index >= 15 is 0 Å². The van der Waals surface area contributed by atoms with Crippen LogP contribution in [0, 0.1) is 0 Å². The second-order valence-electron chi connectivity index (χ2n) is 2.02. The quantitative estimate of drug-likeness (QED) is 0.652. The number of halogens is 1. The van der Waals surface area contributed by atoms with E-state index < -0.39 is 10.3 Å². The molecule has 0 spiro atoms. The number of nitrogens with zero attached hydrogens (tertiary/aromatic N) is 1. The molecule has 1 unspecified atom stereocenters. The van der Waals surface area contributed by atoms with Gasteiger partial charge in [-0.25, -0.2) is 0 Å². The third-order valence-corrected chi connectivity index (χ3v) is 2.20. The number of carboxylic acid groups (broad SMARTS) is 1. The highest BCUT2D eigenvalue weighted by Gasteiger charge is 2.32. The average Bonchev–Trinajstić information content (AvgIpc) is 1.89. The molecule has 1 rings (SSSR count). The number of carboxylic acids is 1. The first-order valence-electron chi connectivity index (χ1n) is 2.77. The first-order valence-corrected chi connectivity index (χ1v) is 3.56. The van der Waals surface area contributed by atoms with Gasteiger partial charge in [-0.15, -0.1) is 0 Å². The van der Waals surface area contributed by atoms with Crippen LogP contribution in [0.1, 0.15) is 6.42 Å². The van der Waals surface area contributed by atoms with E-state index in [1.54, 1.807) is 6.21 Å². The molecule has 54 valence electrons. The van der Waals surface area contributed by atoms with Gasteiger partial charge in [-0.1, -0.05) is 15.9 Å². The van der Waals surface area contributed by atoms with Crippen LogP contribution < -0.4 is 0 Å². The summed E-state index contributed by atoms with van der Waals surface area (Å²) in [6.45, 7) is 0. The number of alkyl halides is 1. The smallest absolute Gasteiger partial charge is 0.324 e. The van der Waals surface area contributed by atoms with Crippen LogP contribution in [-0.2, 0) is 4.79 Å². The highest BCUT2D eigenvalue weighted by atomic mass is 79.9. The normalized spacial score (nSPS) is 30.5. The molecule has 0 aliphatic carbocycles. The lowest BCUT2D eigenvalue weighted by molar-refractivity contribution is -0.138. The fourth-order valence-corrected chi connectivity index (χ4v) is 0.897. The molecule has 0 saturated carbocycles. The molecule has 0 radical (unpaired) electrons. The Morgan fingerprint density at radius 3 is 2.80 bits per heavy atom. The van der Waals surface area contributed by atoms with Crippen molar-refractivity contribution in [2.24, 2.45) is 4.99 Å². The van der Waals surface area contributed by atoms with Crippen LogP contribution in [0.15, 0.2) is 17.3 Å². The van der Waals surface area contributed by atoms with Gasteiger partial charge < -0.3 is 5.11 Å². The molecule has 1 aliphatic heterocycles. The minimum Gasteiger partial charge on any atom is -0.480 e. The van der Waals surface area contributed by atoms with Gasteiger partial charge in [0.2, 0.25) is 0 Å². The molecule has 1 aliphatic rings. The molecule has 3 nitrogen and oxygen atoms in total. The van der Waals surface area contributed by atoms with Crippen molar-refractivity contribution < 1.29 is 9.90 Å². The van der Waals surface area contributed by atoms with Gasteiger partial charge in [0, 0.05) is 18.8 Å². The minimum absolute atomic E-state index is 0.402. The summed E-state index contributed by atoms with van der Waals surface area (Å²) in [6, 6.07) is 0. The first-order chi connectivity index (χ1) is 4.65. The summed E-state index contributed by atoms with van der Waals surface area (Å²) in [4.78, 5) is 14.3. The van der Waals surface area contributed by atoms with Gasteiger partial charge in [0.25, 0.3) is 0 Å². The Labute approximate surface area is 66.6 Å². The Kier molecular flexibility index (Phi) is 1.89. The van der Waals surface area contributed by atoms with Crippen molar-refractivity contribution in [2.75, 3.05) is 0 Å². The number of aliphatic carboxylic acids is 1. The first kappa shape index (κ1) is 7.47. The van der Waals surface area contributed by atoms with Crippen molar-refractivity contribution in [3.8, 4) is 0 Å². The molecule has 0 saturated heterocycles. The summed E-state index contributed by atoms with van der Waals surface area (Å²) in [5, 5.41) is 8.64. The highest BCUT2D eigenvalue weighted by molar-refractivity contribution is 9.10. The van der Waals surface area contributed by atoms with Gasteiger partial charge in [-0.05, 0) is 6.08 Å². The van der Waals surface area contributed by atoms with Crippen LogP contribution in [-0.4, -0.2) is 21.6 Å². The summed E-state index contributed by atoms with van der Waals surface area (Å²) < 4.78 is -0.922. The Morgan fingerprint density at radius 2 is 2.50 bits per heavy atom. The van der Waals surface area contributed by atoms with Gasteiger partial charge in [0.15, 0.2) is 0 Å². The van der Waals surface area contributed by atoms with E-state index in [0.717, 1.165) is 0 Å². The maximum Gasteiger partial charge on any atom is 0.324 e. The van der Waals surface area contributed by atoms with Crippen molar-refractivity contribution in [2.45, 2.75) is 10.7 Å². The van der Waals surface area contributed by atoms with Crippen molar-refractivity contribution in [3.05, 3.63) is 12.3 Å². The monoisotopic (exact) mass is 203 g/mol. The molecule has 4 heteroatoms. The summed E-state index contributed by atoms with van der Waals surface area (Å²) in [6.07, 6.45) is 4.98. The number of hydrogen-bond acceptors (Lipinski definition) is 2. The van der Waals surface area contributed by atoms with Crippen molar-refractivity contribution in [1.29, 1.82) is 0 Å². The Balaban J connectivity index is 2.80. The fourth-order valence-electron chi connectivity index (χ4n) is 0.634. The maximum absolute atomic E-state index is 10.5. The van der Waals surface area contributed by atoms with Crippen LogP contribution in [0.5, 0.6) is 0 Å². The predicted octanol–water partition coefficient (Wildman–Crippen LogP) is 1.19. The summed E-state index contributed by atoms with van der Waals surface area (Å²) in [5.41, 5.74) is 0. The molecule has 0 fully saturated rings. The lowest BCUT2D eigenvalue weighted by atomic mass is 10.1. The Morgan fingerprint density at radius 1 is 1.80 bits per heavy atom. The van der Waals surface area contributed by atoms with Crippen molar-refractivity contribution in [3.63, 3.8) is 0 Å². The number of rotatable bonds is 1. The predicted molar refractivity (Wildman–Crippen MR) is 41.5 cm³/mol. The second kappa shape index (κ2) is 2.54. The molecule has 0 aromatic rings. The minimum atomic E-state index is -0.922. The molecule has 10 heavy (non-hydrogen) atoms. The van der Waals surface area contributed by atoms with Crippen LogP contribution in [0.3, 0.4) is 0 Å². The van der Waals surface area contributed by atoms with Crippen LogP contribution in [0.25, 0.3) is 0 Å². The SMILES string of the molecule is O=C(O)C1(Br)C=CN=CC1. The largest absolute Gasteiger partial charge is 0.480 e. The molecule has 1 atom stereocenters. The summed E-state index contributed by atoms with van der Waals surface area (Å²) >= 11 is 3.08. The average molecular weight is 204 g/mol. The maximum atomic E-state index is 10.5. The molecule has 0 bridgehead atoms. The van der Waals surface area contributed by atoms with Crippen LogP contribution >= 0.6 is 15.9 Å². The van der Waals surface area contributed by atoms with Gasteiger partial charge >= 0.3 is 5.97 Å². The standard InChI is InChI=1S/C6H6BrNO2/c7-6(5(9)10)1-3-8-4-2-6/h1,3-4H,2H2,(H,9,10). The van der Waals surface area contributed by atoms with Crippen LogP contribution in [0.2, 0.25) is 0 Å². The second-order valence-corrected chi connectivity index (χ2v) is 3.43. The zero-order valence-electron chi connectivity index (χ0n) is 5.12. The topological polar surface area (TPSA) is 49.7 Å². The van der Waals surface area contributed by atoms with E-state index in [4.69, 9.17) is 5.11 Å². The molecule has 0 aromatic heterocycles.